The van der Waals surface area contributed by atoms with Gasteiger partial charge in [0.15, 0.2) is 5.96 Å². The summed E-state index contributed by atoms with van der Waals surface area (Å²) in [4.78, 5) is 20.7. The number of halogens is 1. The summed E-state index contributed by atoms with van der Waals surface area (Å²) < 4.78 is 12.4. The topological polar surface area (TPSA) is 84.2 Å². The highest BCUT2D eigenvalue weighted by molar-refractivity contribution is 14.0. The van der Waals surface area contributed by atoms with Gasteiger partial charge in [-0.2, -0.15) is 5.10 Å². The summed E-state index contributed by atoms with van der Waals surface area (Å²) >= 11 is 0. The predicted octanol–water partition coefficient (Wildman–Crippen LogP) is 1.52. The number of hydrogen-bond acceptors (Lipinski definition) is 5. The van der Waals surface area contributed by atoms with Crippen molar-refractivity contribution >= 4 is 41.5 Å². The van der Waals surface area contributed by atoms with Crippen LogP contribution in [0.4, 0.5) is 5.69 Å². The fourth-order valence-electron chi connectivity index (χ4n) is 3.39. The number of anilines is 1. The van der Waals surface area contributed by atoms with Crippen molar-refractivity contribution in [2.45, 2.75) is 6.42 Å². The van der Waals surface area contributed by atoms with E-state index < -0.39 is 0 Å². The van der Waals surface area contributed by atoms with E-state index in [-0.39, 0.29) is 36.4 Å². The van der Waals surface area contributed by atoms with Crippen molar-refractivity contribution in [1.82, 2.24) is 20.0 Å². The number of methoxy groups -OCH3 is 2. The Morgan fingerprint density at radius 3 is 2.67 bits per heavy atom. The third-order valence-electron chi connectivity index (χ3n) is 4.90. The van der Waals surface area contributed by atoms with Crippen LogP contribution in [0, 0.1) is 0 Å². The maximum atomic E-state index is 12.6. The van der Waals surface area contributed by atoms with Gasteiger partial charge in [-0.15, -0.1) is 24.0 Å². The molecule has 1 amide bonds. The number of carbonyl (C=O) groups excluding carboxylic acids is 1. The standard InChI is InChI=1S/C20H28N6O3.HI/c1-21-20(22-8-7-15-11-17(28-3)5-6-18(15)29-4)25-9-10-26(19(27)14-25)16-12-23-24(2)13-16;/h5-6,11-13H,7-10,14H2,1-4H3,(H,21,22);1H. The number of nitrogens with one attached hydrogen (secondary N) is 1. The number of amides is 1. The van der Waals surface area contributed by atoms with Gasteiger partial charge < -0.3 is 24.6 Å². The van der Waals surface area contributed by atoms with Gasteiger partial charge in [-0.1, -0.05) is 0 Å². The first-order valence-corrected chi connectivity index (χ1v) is 9.51. The van der Waals surface area contributed by atoms with Crippen molar-refractivity contribution in [2.75, 3.05) is 52.3 Å². The van der Waals surface area contributed by atoms with Crippen LogP contribution in [0.5, 0.6) is 11.5 Å². The van der Waals surface area contributed by atoms with E-state index in [1.54, 1.807) is 37.0 Å². The Morgan fingerprint density at radius 1 is 1.27 bits per heavy atom. The molecule has 2 heterocycles. The van der Waals surface area contributed by atoms with E-state index in [4.69, 9.17) is 9.47 Å². The second kappa shape index (κ2) is 11.0. The molecule has 0 spiro atoms. The molecule has 0 aliphatic carbocycles. The van der Waals surface area contributed by atoms with Gasteiger partial charge >= 0.3 is 0 Å². The number of ether oxygens (including phenoxy) is 2. The Labute approximate surface area is 194 Å². The molecule has 1 fully saturated rings. The molecule has 1 aromatic carbocycles. The number of piperazine rings is 1. The Morgan fingerprint density at radius 2 is 2.07 bits per heavy atom. The summed E-state index contributed by atoms with van der Waals surface area (Å²) in [6.07, 6.45) is 4.30. The van der Waals surface area contributed by atoms with E-state index in [1.807, 2.05) is 36.3 Å². The molecule has 3 rings (SSSR count). The van der Waals surface area contributed by atoms with E-state index in [0.717, 1.165) is 29.2 Å². The molecule has 0 radical (unpaired) electrons. The van der Waals surface area contributed by atoms with Crippen LogP contribution in [0.2, 0.25) is 0 Å². The first kappa shape index (κ1) is 23.8. The van der Waals surface area contributed by atoms with Crippen LogP contribution in [-0.2, 0) is 18.3 Å². The molecule has 1 N–H and O–H groups in total. The minimum absolute atomic E-state index is 0. The Bertz CT molecular complexity index is 885. The van der Waals surface area contributed by atoms with Gasteiger partial charge in [-0.05, 0) is 30.2 Å². The molecule has 1 aliphatic rings. The zero-order valence-corrected chi connectivity index (χ0v) is 20.1. The molecule has 10 heteroatoms. The monoisotopic (exact) mass is 528 g/mol. The van der Waals surface area contributed by atoms with Crippen LogP contribution in [0.15, 0.2) is 35.6 Å². The van der Waals surface area contributed by atoms with Gasteiger partial charge in [-0.25, -0.2) is 0 Å². The Hall–Kier alpha value is -2.50. The van der Waals surface area contributed by atoms with E-state index in [1.165, 1.54) is 0 Å². The molecule has 1 aromatic heterocycles. The van der Waals surface area contributed by atoms with Crippen LogP contribution < -0.4 is 19.7 Å². The van der Waals surface area contributed by atoms with Gasteiger partial charge in [0.1, 0.15) is 18.0 Å². The molecule has 9 nitrogen and oxygen atoms in total. The van der Waals surface area contributed by atoms with Gasteiger partial charge in [0.25, 0.3) is 0 Å². The average molecular weight is 528 g/mol. The zero-order chi connectivity index (χ0) is 20.8. The van der Waals surface area contributed by atoms with E-state index >= 15 is 0 Å². The van der Waals surface area contributed by atoms with Crippen molar-refractivity contribution < 1.29 is 14.3 Å². The van der Waals surface area contributed by atoms with Gasteiger partial charge in [0, 0.05) is 39.9 Å². The maximum absolute atomic E-state index is 12.6. The first-order valence-electron chi connectivity index (χ1n) is 9.51. The molecule has 30 heavy (non-hydrogen) atoms. The minimum atomic E-state index is 0. The van der Waals surface area contributed by atoms with Crippen molar-refractivity contribution in [3.05, 3.63) is 36.2 Å². The lowest BCUT2D eigenvalue weighted by atomic mass is 10.1. The summed E-state index contributed by atoms with van der Waals surface area (Å²) in [7, 11) is 6.87. The summed E-state index contributed by atoms with van der Waals surface area (Å²) in [6, 6.07) is 5.75. The number of aryl methyl sites for hydroxylation is 1. The molecule has 0 atom stereocenters. The average Bonchev–Trinajstić information content (AvgIpc) is 3.16. The van der Waals surface area contributed by atoms with Gasteiger partial charge in [-0.3, -0.25) is 14.5 Å². The zero-order valence-electron chi connectivity index (χ0n) is 17.8. The minimum Gasteiger partial charge on any atom is -0.497 e. The SMILES string of the molecule is CN=C(NCCc1cc(OC)ccc1OC)N1CCN(c2cnn(C)c2)C(=O)C1.I. The second-order valence-electron chi connectivity index (χ2n) is 6.74. The number of guanidine groups is 1. The van der Waals surface area contributed by atoms with E-state index in [0.29, 0.717) is 25.6 Å². The number of rotatable bonds is 6. The van der Waals surface area contributed by atoms with Crippen LogP contribution in [-0.4, -0.2) is 74.0 Å². The Kier molecular flexibility index (Phi) is 8.75. The normalized spacial score (nSPS) is 14.4. The quantitative estimate of drug-likeness (QED) is 0.348. The maximum Gasteiger partial charge on any atom is 0.246 e. The molecule has 1 aliphatic heterocycles. The van der Waals surface area contributed by atoms with E-state index in [2.05, 4.69) is 15.4 Å². The number of hydrogen-bond donors (Lipinski definition) is 1. The number of benzene rings is 1. The first-order chi connectivity index (χ1) is 14.0. The van der Waals surface area contributed by atoms with Gasteiger partial charge in [0.2, 0.25) is 5.91 Å². The smallest absolute Gasteiger partial charge is 0.246 e. The lowest BCUT2D eigenvalue weighted by Gasteiger charge is -2.35. The molecule has 0 bridgehead atoms. The van der Waals surface area contributed by atoms with E-state index in [9.17, 15) is 4.79 Å². The number of nitrogens with zero attached hydrogens (tertiary/aromatic N) is 5. The van der Waals surface area contributed by atoms with Crippen LogP contribution in [0.1, 0.15) is 5.56 Å². The van der Waals surface area contributed by atoms with Crippen LogP contribution >= 0.6 is 24.0 Å². The highest BCUT2D eigenvalue weighted by Crippen LogP contribution is 2.24. The van der Waals surface area contributed by atoms with Crippen LogP contribution in [0.3, 0.4) is 0 Å². The summed E-state index contributed by atoms with van der Waals surface area (Å²) in [6.45, 7) is 2.22. The second-order valence-corrected chi connectivity index (χ2v) is 6.74. The predicted molar refractivity (Wildman–Crippen MR) is 127 cm³/mol. The van der Waals surface area contributed by atoms with Gasteiger partial charge in [0.05, 0.1) is 26.1 Å². The number of aromatic nitrogens is 2. The lowest BCUT2D eigenvalue weighted by molar-refractivity contribution is -0.120. The molecular weight excluding hydrogens is 499 g/mol. The van der Waals surface area contributed by atoms with Crippen molar-refractivity contribution in [2.24, 2.45) is 12.0 Å². The molecule has 1 saturated heterocycles. The number of carbonyl (C=O) groups is 1. The highest BCUT2D eigenvalue weighted by Gasteiger charge is 2.27. The lowest BCUT2D eigenvalue weighted by Crippen LogP contribution is -2.55. The fourth-order valence-corrected chi connectivity index (χ4v) is 3.39. The van der Waals surface area contributed by atoms with Crippen molar-refractivity contribution in [3.63, 3.8) is 0 Å². The Balaban J connectivity index is 0.00000320. The summed E-state index contributed by atoms with van der Waals surface area (Å²) in [5.41, 5.74) is 1.87. The van der Waals surface area contributed by atoms with Crippen LogP contribution in [0.25, 0.3) is 0 Å². The molecule has 2 aromatic rings. The molecule has 0 saturated carbocycles. The highest BCUT2D eigenvalue weighted by atomic mass is 127. The molecule has 0 unspecified atom stereocenters. The number of aliphatic imine (C=N–C) groups is 1. The largest absolute Gasteiger partial charge is 0.497 e. The third kappa shape index (κ3) is 5.55. The summed E-state index contributed by atoms with van der Waals surface area (Å²) in [5.74, 6) is 2.36. The summed E-state index contributed by atoms with van der Waals surface area (Å²) in [5, 5.41) is 7.49. The third-order valence-corrected chi connectivity index (χ3v) is 4.90. The van der Waals surface area contributed by atoms with Crippen molar-refractivity contribution in [3.8, 4) is 11.5 Å². The van der Waals surface area contributed by atoms with Crippen molar-refractivity contribution in [1.29, 1.82) is 0 Å². The molecule has 164 valence electrons. The fraction of sp³-hybridized carbons (Fsp3) is 0.450. The molecular formula is C20H29IN6O3.